The number of carbonyl (C=O) groups excluding carboxylic acids is 2. The fourth-order valence-corrected chi connectivity index (χ4v) is 4.47. The number of nitrogens with zero attached hydrogens (tertiary/aromatic N) is 3. The Kier molecular flexibility index (Phi) is 6.80. The third-order valence-electron chi connectivity index (χ3n) is 6.57. The van der Waals surface area contributed by atoms with Crippen molar-refractivity contribution < 1.29 is 27.8 Å². The molecule has 4 rings (SSSR count). The fourth-order valence-electron chi connectivity index (χ4n) is 4.47. The molecule has 0 N–H and O–H groups in total. The highest BCUT2D eigenvalue weighted by molar-refractivity contribution is 5.89. The Balaban J connectivity index is 1.31. The molecule has 0 saturated carbocycles. The summed E-state index contributed by atoms with van der Waals surface area (Å²) in [7, 11) is 1.32. The number of carbonyl (C=O) groups is 2. The summed E-state index contributed by atoms with van der Waals surface area (Å²) in [4.78, 5) is 27.8. The number of methoxy groups -OCH3 is 1. The first-order valence-electron chi connectivity index (χ1n) is 11.1. The highest BCUT2D eigenvalue weighted by atomic mass is 19.1. The van der Waals surface area contributed by atoms with E-state index in [1.165, 1.54) is 7.11 Å². The van der Waals surface area contributed by atoms with Crippen LogP contribution in [0.3, 0.4) is 0 Å². The van der Waals surface area contributed by atoms with Gasteiger partial charge in [0.25, 0.3) is 0 Å². The Morgan fingerprint density at radius 2 is 1.71 bits per heavy atom. The van der Waals surface area contributed by atoms with Crippen LogP contribution in [0.2, 0.25) is 0 Å². The number of halogens is 2. The Morgan fingerprint density at radius 1 is 1.09 bits per heavy atom. The van der Waals surface area contributed by atoms with Crippen LogP contribution >= 0.6 is 0 Å². The molecule has 178 valence electrons. The third kappa shape index (κ3) is 5.02. The number of hydrogen-bond donors (Lipinski definition) is 0. The highest BCUT2D eigenvalue weighted by Gasteiger charge is 2.43. The van der Waals surface area contributed by atoms with Gasteiger partial charge in [0.15, 0.2) is 0 Å². The van der Waals surface area contributed by atoms with Crippen LogP contribution in [-0.2, 0) is 22.6 Å². The van der Waals surface area contributed by atoms with Crippen LogP contribution in [-0.4, -0.2) is 54.2 Å². The van der Waals surface area contributed by atoms with Crippen molar-refractivity contribution in [2.45, 2.75) is 38.0 Å². The number of benzene rings is 2. The van der Waals surface area contributed by atoms with E-state index < -0.39 is 23.2 Å². The van der Waals surface area contributed by atoms with Gasteiger partial charge in [0.05, 0.1) is 24.3 Å². The average molecular weight is 469 g/mol. The second-order valence-electron chi connectivity index (χ2n) is 8.72. The zero-order valence-electron chi connectivity index (χ0n) is 18.9. The van der Waals surface area contributed by atoms with Crippen LogP contribution in [0.5, 0.6) is 0 Å². The van der Waals surface area contributed by atoms with Gasteiger partial charge in [-0.25, -0.2) is 18.4 Å². The number of hydrogen-bond acceptors (Lipinski definition) is 6. The summed E-state index contributed by atoms with van der Waals surface area (Å²) in [6.07, 6.45) is 1.45. The fraction of sp³-hybridized carbons (Fsp3) is 0.400. The molecular formula is C25H25F2N3O4. The number of piperidine rings is 1. The lowest BCUT2D eigenvalue weighted by Crippen LogP contribution is -2.54. The molecule has 0 bridgehead atoms. The maximum absolute atomic E-state index is 14.2. The molecule has 0 aromatic heterocycles. The van der Waals surface area contributed by atoms with E-state index in [-0.39, 0.29) is 23.8 Å². The van der Waals surface area contributed by atoms with Crippen LogP contribution in [0.4, 0.5) is 13.6 Å². The highest BCUT2D eigenvalue weighted by Crippen LogP contribution is 2.35. The molecule has 2 saturated heterocycles. The first-order chi connectivity index (χ1) is 16.3. The lowest BCUT2D eigenvalue weighted by Gasteiger charge is -2.46. The lowest BCUT2D eigenvalue weighted by molar-refractivity contribution is -0.0833. The van der Waals surface area contributed by atoms with E-state index in [0.29, 0.717) is 51.0 Å². The molecule has 7 nitrogen and oxygen atoms in total. The molecule has 0 radical (unpaired) electrons. The summed E-state index contributed by atoms with van der Waals surface area (Å²) in [6.45, 7) is 2.10. The zero-order valence-corrected chi connectivity index (χ0v) is 18.9. The normalized spacial score (nSPS) is 17.8. The van der Waals surface area contributed by atoms with E-state index in [4.69, 9.17) is 14.7 Å². The van der Waals surface area contributed by atoms with Gasteiger partial charge < -0.3 is 14.4 Å². The summed E-state index contributed by atoms with van der Waals surface area (Å²) >= 11 is 0. The monoisotopic (exact) mass is 469 g/mol. The van der Waals surface area contributed by atoms with Gasteiger partial charge in [0, 0.05) is 57.5 Å². The number of rotatable bonds is 5. The number of esters is 1. The summed E-state index contributed by atoms with van der Waals surface area (Å²) in [5.41, 5.74) is 0.649. The van der Waals surface area contributed by atoms with Gasteiger partial charge in [-0.1, -0.05) is 12.1 Å². The molecule has 1 amide bonds. The Bertz CT molecular complexity index is 1100. The SMILES string of the molecule is COC(=O)c1ccc(CN2CCC3(CCN(Cc4c(F)cc(C#N)cc4F)CC3)OC2=O)cc1. The van der Waals surface area contributed by atoms with Gasteiger partial charge in [0.2, 0.25) is 0 Å². The summed E-state index contributed by atoms with van der Waals surface area (Å²) in [5.74, 6) is -1.87. The molecule has 0 unspecified atom stereocenters. The minimum atomic E-state index is -0.726. The molecule has 2 fully saturated rings. The molecule has 34 heavy (non-hydrogen) atoms. The minimum absolute atomic E-state index is 0.0468. The second kappa shape index (κ2) is 9.77. The number of ether oxygens (including phenoxy) is 2. The molecule has 0 atom stereocenters. The Hall–Kier alpha value is -3.51. The minimum Gasteiger partial charge on any atom is -0.465 e. The second-order valence-corrected chi connectivity index (χ2v) is 8.72. The van der Waals surface area contributed by atoms with E-state index in [1.54, 1.807) is 35.2 Å². The van der Waals surface area contributed by atoms with Crippen molar-refractivity contribution in [3.63, 3.8) is 0 Å². The van der Waals surface area contributed by atoms with Gasteiger partial charge >= 0.3 is 12.1 Å². The number of likely N-dealkylation sites (tertiary alicyclic amines) is 1. The van der Waals surface area contributed by atoms with E-state index in [2.05, 4.69) is 0 Å². The van der Waals surface area contributed by atoms with Crippen molar-refractivity contribution in [1.29, 1.82) is 5.26 Å². The van der Waals surface area contributed by atoms with E-state index in [0.717, 1.165) is 17.7 Å². The molecule has 2 aliphatic heterocycles. The average Bonchev–Trinajstić information content (AvgIpc) is 2.84. The predicted molar refractivity (Wildman–Crippen MR) is 118 cm³/mol. The molecule has 2 heterocycles. The summed E-state index contributed by atoms with van der Waals surface area (Å²) in [5, 5.41) is 8.85. The van der Waals surface area contributed by atoms with Crippen molar-refractivity contribution in [2.24, 2.45) is 0 Å². The predicted octanol–water partition coefficient (Wildman–Crippen LogP) is 4.00. The van der Waals surface area contributed by atoms with Crippen molar-refractivity contribution in [3.05, 3.63) is 70.3 Å². The third-order valence-corrected chi connectivity index (χ3v) is 6.57. The quantitative estimate of drug-likeness (QED) is 0.616. The maximum atomic E-state index is 14.2. The molecular weight excluding hydrogens is 444 g/mol. The van der Waals surface area contributed by atoms with E-state index in [9.17, 15) is 18.4 Å². The van der Waals surface area contributed by atoms with Gasteiger partial charge in [-0.15, -0.1) is 0 Å². The Morgan fingerprint density at radius 3 is 2.26 bits per heavy atom. The van der Waals surface area contributed by atoms with Crippen LogP contribution in [0.15, 0.2) is 36.4 Å². The van der Waals surface area contributed by atoms with Crippen LogP contribution < -0.4 is 0 Å². The topological polar surface area (TPSA) is 82.9 Å². The van der Waals surface area contributed by atoms with Crippen molar-refractivity contribution in [1.82, 2.24) is 9.80 Å². The smallest absolute Gasteiger partial charge is 0.410 e. The van der Waals surface area contributed by atoms with Gasteiger partial charge in [-0.3, -0.25) is 4.90 Å². The molecule has 2 aromatic rings. The van der Waals surface area contributed by atoms with Crippen molar-refractivity contribution >= 4 is 12.1 Å². The van der Waals surface area contributed by atoms with Crippen molar-refractivity contribution in [3.8, 4) is 6.07 Å². The molecule has 2 aliphatic rings. The van der Waals surface area contributed by atoms with E-state index >= 15 is 0 Å². The summed E-state index contributed by atoms with van der Waals surface area (Å²) in [6, 6.07) is 10.7. The van der Waals surface area contributed by atoms with Gasteiger partial charge in [-0.05, 0) is 29.8 Å². The van der Waals surface area contributed by atoms with Gasteiger partial charge in [0.1, 0.15) is 17.2 Å². The Labute approximate surface area is 196 Å². The number of nitriles is 1. The molecule has 9 heteroatoms. The zero-order chi connectivity index (χ0) is 24.3. The van der Waals surface area contributed by atoms with Crippen molar-refractivity contribution in [2.75, 3.05) is 26.7 Å². The van der Waals surface area contributed by atoms with E-state index in [1.807, 2.05) is 4.90 Å². The van der Waals surface area contributed by atoms with Crippen LogP contribution in [0, 0.1) is 23.0 Å². The van der Waals surface area contributed by atoms with Gasteiger partial charge in [-0.2, -0.15) is 5.26 Å². The van der Waals surface area contributed by atoms with Crippen LogP contribution in [0.1, 0.15) is 46.3 Å². The summed E-state index contributed by atoms with van der Waals surface area (Å²) < 4.78 is 39.0. The first kappa shape index (κ1) is 23.6. The molecule has 0 aliphatic carbocycles. The number of amides is 1. The standard InChI is InChI=1S/C25H25F2N3O4/c1-33-23(31)19-4-2-17(3-5-19)15-30-11-8-25(34-24(30)32)6-9-29(10-7-25)16-20-21(26)12-18(14-28)13-22(20)27/h2-5,12-13H,6-11,15-16H2,1H3. The van der Waals surface area contributed by atoms with Crippen LogP contribution in [0.25, 0.3) is 0 Å². The maximum Gasteiger partial charge on any atom is 0.410 e. The largest absolute Gasteiger partial charge is 0.465 e. The first-order valence-corrected chi connectivity index (χ1v) is 11.1. The molecule has 2 aromatic carbocycles. The lowest BCUT2D eigenvalue weighted by atomic mass is 9.86. The molecule has 1 spiro atoms.